The zero-order chi connectivity index (χ0) is 93.2. The Kier molecular flexibility index (Phi) is 7.32. The van der Waals surface area contributed by atoms with Crippen LogP contribution in [0.15, 0.2) is 241 Å². The first-order chi connectivity index (χ1) is 58.8. The zero-order valence-electron chi connectivity index (χ0n) is 86.4. The summed E-state index contributed by atoms with van der Waals surface area (Å²) in [4.78, 5) is 0. The Labute approximate surface area is 601 Å². The molecule has 6 aliphatic rings. The number of hydrogen-bond acceptors (Lipinski definition) is 1. The summed E-state index contributed by atoms with van der Waals surface area (Å²) in [6, 6.07) is 13.5. The number of rotatable bonds is 12. The fourth-order valence-corrected chi connectivity index (χ4v) is 17.1. The van der Waals surface area contributed by atoms with Gasteiger partial charge in [-0.05, 0) is 143 Å². The van der Waals surface area contributed by atoms with Crippen molar-refractivity contribution in [1.29, 1.82) is 0 Å². The zero-order valence-corrected chi connectivity index (χ0v) is 51.7. The maximum Gasteiger partial charge on any atom is 4.00 e. The Bertz CT molecular complexity index is 6440. The molecule has 90 heavy (non-hydrogen) atoms. The quantitative estimate of drug-likeness (QED) is 0.0516. The Hall–Kier alpha value is -8.14. The maximum atomic E-state index is 11.4. The normalized spacial score (nSPS) is 29.1. The van der Waals surface area contributed by atoms with Gasteiger partial charge in [-0.25, -0.2) is 0 Å². The van der Waals surface area contributed by atoms with Gasteiger partial charge in [-0.3, -0.25) is 0 Å². The monoisotopic (exact) mass is 1400 g/mol. The van der Waals surface area contributed by atoms with Crippen LogP contribution < -0.4 is 24.9 Å². The molecule has 11 aromatic rings. The average molecular weight is 1400 g/mol. The number of aromatic nitrogens is 1. The number of benzene rings is 10. The van der Waals surface area contributed by atoms with E-state index in [-0.39, 0.29) is 85.5 Å². The molecule has 5 heteroatoms. The molecule has 0 N–H and O–H groups in total. The molecular weight excluding hydrogens is 1290 g/mol. The average Bonchev–Trinajstić information content (AvgIpc) is 0.710. The van der Waals surface area contributed by atoms with Gasteiger partial charge in [0.15, 0.2) is 8.07 Å². The first kappa shape index (κ1) is 29.9. The molecule has 3 unspecified atom stereocenters. The largest absolute Gasteiger partial charge is 4.00 e. The van der Waals surface area contributed by atoms with E-state index in [1.807, 2.05) is 53.1 Å². The van der Waals surface area contributed by atoms with Crippen LogP contribution in [0.1, 0.15) is 189 Å². The van der Waals surface area contributed by atoms with Crippen LogP contribution in [-0.4, -0.2) is 18.9 Å². The molecule has 17 rings (SSSR count). The molecule has 444 valence electrons. The van der Waals surface area contributed by atoms with Gasteiger partial charge >= 0.3 is 21.1 Å². The summed E-state index contributed by atoms with van der Waals surface area (Å²) < 4.78 is 377. The van der Waals surface area contributed by atoms with E-state index in [1.165, 1.54) is 28.8 Å². The SMILES string of the molecule is [2H]C1=C([2H])C([2H])C(c2cc(C34CC(C3)C4)cc(-c3c([2H])c([2H])c4c(c3[2H])C(C([2H])([2H])[2H])(C([2H])([2H])[2H])C([2H])([2H])C([2H])([2H])C4(C([2H])([2H])[2H])C([2H])([2H])[2H])c2[N+]2=[C-]C(c3[c-]c(Oc4[c-]c5c(cc4)c4ccccc4n5-c4[c-]ccc(C(C)(C)C)c4)ccc3)c3ccccc32)C([2H])=C1[Si](c1c([2H])c([2H])c([2H])c([2H])c1[2H])(c1c([2H])c([2H])c([2H])c([2H])c1[2H])c1c([2H])c([2H])c([2H])c([2H])c1[2H].[Pt+4]. The van der Waals surface area contributed by atoms with Crippen molar-refractivity contribution < 1.29 is 77.9 Å². The second-order valence-corrected chi connectivity index (χ2v) is 27.8. The molecule has 1 aliphatic heterocycles. The molecular formula is C85H75N2OPtSi+. The summed E-state index contributed by atoms with van der Waals surface area (Å²) in [7, 11) is -6.69. The van der Waals surface area contributed by atoms with Gasteiger partial charge < -0.3 is 13.9 Å². The Morgan fingerprint density at radius 1 is 0.678 bits per heavy atom. The van der Waals surface area contributed by atoms with Crippen LogP contribution in [-0.2, 0) is 42.7 Å². The first-order valence-electron chi connectivity index (χ1n) is 48.1. The van der Waals surface area contributed by atoms with Crippen molar-refractivity contribution in [3.05, 3.63) is 298 Å². The summed E-state index contributed by atoms with van der Waals surface area (Å²) in [5, 5.41) is -3.09. The van der Waals surface area contributed by atoms with Crippen molar-refractivity contribution in [3.8, 4) is 28.3 Å². The Balaban J connectivity index is 0.0000126. The molecule has 0 spiro atoms. The summed E-state index contributed by atoms with van der Waals surface area (Å²) in [6.07, 6.45) is -7.76. The fourth-order valence-electron chi connectivity index (χ4n) is 13.4. The summed E-state index contributed by atoms with van der Waals surface area (Å²) in [5.41, 5.74) is -13.5. The molecule has 0 amide bonds. The van der Waals surface area contributed by atoms with E-state index in [0.717, 1.165) is 21.9 Å². The van der Waals surface area contributed by atoms with E-state index < -0.39 is 264 Å². The number of fused-ring (bicyclic) bond motifs is 5. The van der Waals surface area contributed by atoms with Gasteiger partial charge in [0.25, 0.3) is 0 Å². The predicted molar refractivity (Wildman–Crippen MR) is 372 cm³/mol. The van der Waals surface area contributed by atoms with Crippen molar-refractivity contribution in [2.75, 3.05) is 0 Å². The van der Waals surface area contributed by atoms with E-state index in [2.05, 4.69) is 45.2 Å². The van der Waals surface area contributed by atoms with Gasteiger partial charge in [0.2, 0.25) is 0 Å². The molecule has 3 atom stereocenters. The van der Waals surface area contributed by atoms with E-state index in [4.69, 9.17) is 17.1 Å². The van der Waals surface area contributed by atoms with E-state index in [0.29, 0.717) is 11.2 Å². The van der Waals surface area contributed by atoms with E-state index in [1.54, 1.807) is 36.4 Å². The van der Waals surface area contributed by atoms with E-state index in [9.17, 15) is 39.8 Å². The molecule has 2 heterocycles. The number of hydrogen-bond donors (Lipinski definition) is 0. The minimum Gasteiger partial charge on any atom is -0.509 e. The number of nitrogens with zero attached hydrogens (tertiary/aromatic N) is 2. The van der Waals surface area contributed by atoms with E-state index >= 15 is 0 Å². The molecule has 3 nitrogen and oxygen atoms in total. The van der Waals surface area contributed by atoms with Gasteiger partial charge in [0.1, 0.15) is 17.6 Å². The topological polar surface area (TPSA) is 17.2 Å². The smallest absolute Gasteiger partial charge is 0.509 e. The molecule has 0 saturated heterocycles. The predicted octanol–water partition coefficient (Wildman–Crippen LogP) is 18.9. The van der Waals surface area contributed by atoms with Gasteiger partial charge in [0.05, 0.1) is 28.8 Å². The molecule has 10 aromatic carbocycles. The molecule has 1 aromatic heterocycles. The van der Waals surface area contributed by atoms with Crippen LogP contribution >= 0.6 is 0 Å². The number of allylic oxidation sites excluding steroid dienone is 4. The van der Waals surface area contributed by atoms with Crippen LogP contribution in [0.3, 0.4) is 0 Å². The Morgan fingerprint density at radius 3 is 2.04 bits per heavy atom. The third kappa shape index (κ3) is 9.56. The number of para-hydroxylation sites is 2. The first-order valence-corrected chi connectivity index (χ1v) is 31.1. The Morgan fingerprint density at radius 2 is 1.36 bits per heavy atom. The molecule has 0 radical (unpaired) electrons. The number of ether oxygens (including phenoxy) is 1. The summed E-state index contributed by atoms with van der Waals surface area (Å²) >= 11 is 0. The third-order valence-electron chi connectivity index (χ3n) is 17.9. The molecule has 5 aliphatic carbocycles. The van der Waals surface area contributed by atoms with Crippen LogP contribution in [0, 0.1) is 24.1 Å². The van der Waals surface area contributed by atoms with Crippen molar-refractivity contribution in [2.45, 2.75) is 120 Å². The van der Waals surface area contributed by atoms with Gasteiger partial charge in [-0.1, -0.05) is 235 Å². The minimum atomic E-state index is -6.69. The van der Waals surface area contributed by atoms with Gasteiger partial charge in [0, 0.05) is 52.2 Å². The van der Waals surface area contributed by atoms with Crippen LogP contribution in [0.25, 0.3) is 38.6 Å². The van der Waals surface area contributed by atoms with Gasteiger partial charge in [-0.2, -0.15) is 47.5 Å². The van der Waals surface area contributed by atoms with Crippen LogP contribution in [0.2, 0.25) is 0 Å². The second-order valence-electron chi connectivity index (χ2n) is 24.3. The van der Waals surface area contributed by atoms with Crippen molar-refractivity contribution in [1.82, 2.24) is 9.14 Å². The van der Waals surface area contributed by atoms with Crippen molar-refractivity contribution in [2.24, 2.45) is 5.92 Å². The fraction of sp³-hybridized carbons (Fsp3) is 0.235. The third-order valence-corrected chi connectivity index (χ3v) is 21.9. The van der Waals surface area contributed by atoms with Crippen molar-refractivity contribution in [3.63, 3.8) is 0 Å². The summed E-state index contributed by atoms with van der Waals surface area (Å²) in [5.74, 6) is -3.48. The van der Waals surface area contributed by atoms with Crippen LogP contribution in [0.4, 0.5) is 11.4 Å². The molecule has 3 fully saturated rings. The maximum absolute atomic E-state index is 11.4. The second kappa shape index (κ2) is 22.1. The molecule has 3 saturated carbocycles. The van der Waals surface area contributed by atoms with Crippen molar-refractivity contribution >= 4 is 63.0 Å². The van der Waals surface area contributed by atoms with Gasteiger partial charge in [-0.15, -0.1) is 35.7 Å². The minimum absolute atomic E-state index is 0. The van der Waals surface area contributed by atoms with Crippen LogP contribution in [0.5, 0.6) is 11.5 Å². The standard InChI is InChI=1S/C85H75N2OSi.Pt/c1-82(2,3)61-26-23-27-63(49-61)87-79-39-20-18-36-70(79)72-42-41-65(52-80(72)87)88-64-28-21-24-58(46-64)75-56-86(78-38-19-17-37-71(75)78)81-73(50-62(85-53-57(54-85)55-85)51-74(81)60-40-43-76-77(48-60)84(6,7)45-44-83(76,4)5)59-25-22-35-69(47-59)89(66-29-11-8-12-30-66,67-31-13-9-14-32-67)68-33-15-10-16-34-68;/h8-24,26,28-43,47-51,57,59,75H,25,44-45,53-55H2,1-7H3;/q-3;+4/i4D3,5D3,6D3,7D3,8D,9D,10D,11D,12D,13D,14D,15D,16D,22D,25D,29D,30D,31D,32D,33D,34D,35D,40D,43D,44D2,45D2,47D,48D;. The summed E-state index contributed by atoms with van der Waals surface area (Å²) in [6.45, 7) is -11.9. The molecule has 2 bridgehead atoms.